The predicted molar refractivity (Wildman–Crippen MR) is 72.9 cm³/mol. The fraction of sp³-hybridized carbons (Fsp3) is 0.923. The molecule has 0 fully saturated rings. The van der Waals surface area contributed by atoms with Gasteiger partial charge >= 0.3 is 0 Å². The van der Waals surface area contributed by atoms with E-state index >= 15 is 0 Å². The third kappa shape index (κ3) is 5.50. The first-order chi connectivity index (χ1) is 8.02. The van der Waals surface area contributed by atoms with Crippen LogP contribution >= 0.6 is 0 Å². The van der Waals surface area contributed by atoms with Gasteiger partial charge in [0.15, 0.2) is 0 Å². The zero-order chi connectivity index (χ0) is 13.3. The van der Waals surface area contributed by atoms with Gasteiger partial charge in [-0.3, -0.25) is 4.79 Å². The van der Waals surface area contributed by atoms with E-state index < -0.39 is 0 Å². The predicted octanol–water partition coefficient (Wildman–Crippen LogP) is 1.21. The van der Waals surface area contributed by atoms with Gasteiger partial charge in [0.25, 0.3) is 0 Å². The van der Waals surface area contributed by atoms with Gasteiger partial charge in [-0.05, 0) is 26.9 Å². The minimum atomic E-state index is -0.351. The SMILES string of the molecule is CCCC(CN)(CCC)C(=O)NCCN(C)C. The van der Waals surface area contributed by atoms with E-state index in [9.17, 15) is 4.79 Å². The first-order valence-electron chi connectivity index (χ1n) is 6.65. The summed E-state index contributed by atoms with van der Waals surface area (Å²) in [6.45, 7) is 6.22. The van der Waals surface area contributed by atoms with Crippen molar-refractivity contribution in [2.75, 3.05) is 33.7 Å². The molecule has 0 aliphatic heterocycles. The van der Waals surface area contributed by atoms with E-state index in [-0.39, 0.29) is 11.3 Å². The van der Waals surface area contributed by atoms with Gasteiger partial charge in [0, 0.05) is 19.6 Å². The normalized spacial score (nSPS) is 11.9. The van der Waals surface area contributed by atoms with Crippen LogP contribution < -0.4 is 11.1 Å². The maximum absolute atomic E-state index is 12.2. The second kappa shape index (κ2) is 8.48. The molecule has 0 aliphatic rings. The van der Waals surface area contributed by atoms with Crippen molar-refractivity contribution >= 4 is 5.91 Å². The Morgan fingerprint density at radius 1 is 1.24 bits per heavy atom. The highest BCUT2D eigenvalue weighted by Crippen LogP contribution is 2.28. The van der Waals surface area contributed by atoms with Crippen LogP contribution in [0.15, 0.2) is 0 Å². The molecule has 0 rings (SSSR count). The van der Waals surface area contributed by atoms with Crippen LogP contribution in [-0.4, -0.2) is 44.5 Å². The Morgan fingerprint density at radius 2 is 1.76 bits per heavy atom. The average Bonchev–Trinajstić information content (AvgIpc) is 2.27. The molecule has 0 bridgehead atoms. The minimum Gasteiger partial charge on any atom is -0.354 e. The molecule has 102 valence electrons. The van der Waals surface area contributed by atoms with Crippen molar-refractivity contribution in [3.63, 3.8) is 0 Å². The standard InChI is InChI=1S/C13H29N3O/c1-5-7-13(11-14,8-6-2)12(17)15-9-10-16(3)4/h5-11,14H2,1-4H3,(H,15,17). The number of likely N-dealkylation sites (N-methyl/N-ethyl adjacent to an activating group) is 1. The smallest absolute Gasteiger partial charge is 0.227 e. The summed E-state index contributed by atoms with van der Waals surface area (Å²) in [5.41, 5.74) is 5.49. The summed E-state index contributed by atoms with van der Waals surface area (Å²) < 4.78 is 0. The van der Waals surface area contributed by atoms with Crippen LogP contribution in [0.1, 0.15) is 39.5 Å². The zero-order valence-corrected chi connectivity index (χ0v) is 11.9. The fourth-order valence-electron chi connectivity index (χ4n) is 2.19. The van der Waals surface area contributed by atoms with E-state index in [0.717, 1.165) is 32.2 Å². The first kappa shape index (κ1) is 16.4. The number of nitrogens with zero attached hydrogens (tertiary/aromatic N) is 1. The van der Waals surface area contributed by atoms with Crippen LogP contribution in [0.2, 0.25) is 0 Å². The van der Waals surface area contributed by atoms with Gasteiger partial charge in [0.05, 0.1) is 5.41 Å². The highest BCUT2D eigenvalue weighted by molar-refractivity contribution is 5.82. The van der Waals surface area contributed by atoms with E-state index in [1.807, 2.05) is 14.1 Å². The van der Waals surface area contributed by atoms with Crippen LogP contribution in [0.3, 0.4) is 0 Å². The maximum atomic E-state index is 12.2. The lowest BCUT2D eigenvalue weighted by atomic mass is 9.78. The minimum absolute atomic E-state index is 0.130. The van der Waals surface area contributed by atoms with Gasteiger partial charge in [-0.1, -0.05) is 26.7 Å². The number of nitrogens with one attached hydrogen (secondary N) is 1. The second-order valence-corrected chi connectivity index (χ2v) is 5.04. The number of carbonyl (C=O) groups excluding carboxylic acids is 1. The molecule has 4 nitrogen and oxygen atoms in total. The summed E-state index contributed by atoms with van der Waals surface area (Å²) in [6.07, 6.45) is 3.76. The zero-order valence-electron chi connectivity index (χ0n) is 11.9. The van der Waals surface area contributed by atoms with Crippen molar-refractivity contribution in [1.82, 2.24) is 10.2 Å². The molecule has 17 heavy (non-hydrogen) atoms. The van der Waals surface area contributed by atoms with Crippen molar-refractivity contribution in [2.45, 2.75) is 39.5 Å². The van der Waals surface area contributed by atoms with Crippen molar-refractivity contribution < 1.29 is 4.79 Å². The molecule has 0 aromatic carbocycles. The van der Waals surface area contributed by atoms with Gasteiger partial charge in [-0.25, -0.2) is 0 Å². The maximum Gasteiger partial charge on any atom is 0.227 e. The van der Waals surface area contributed by atoms with E-state index in [0.29, 0.717) is 13.1 Å². The molecule has 0 saturated heterocycles. The highest BCUT2D eigenvalue weighted by Gasteiger charge is 2.34. The molecule has 0 aromatic rings. The van der Waals surface area contributed by atoms with Crippen molar-refractivity contribution in [3.8, 4) is 0 Å². The van der Waals surface area contributed by atoms with E-state index in [2.05, 4.69) is 24.1 Å². The van der Waals surface area contributed by atoms with Crippen LogP contribution in [0.5, 0.6) is 0 Å². The molecule has 0 saturated carbocycles. The van der Waals surface area contributed by atoms with Crippen LogP contribution in [0, 0.1) is 5.41 Å². The third-order valence-electron chi connectivity index (χ3n) is 3.17. The molecule has 1 amide bonds. The summed E-state index contributed by atoms with van der Waals surface area (Å²) >= 11 is 0. The summed E-state index contributed by atoms with van der Waals surface area (Å²) in [5.74, 6) is 0.130. The van der Waals surface area contributed by atoms with Crippen LogP contribution in [-0.2, 0) is 4.79 Å². The lowest BCUT2D eigenvalue weighted by Crippen LogP contribution is -2.47. The molecule has 0 spiro atoms. The summed E-state index contributed by atoms with van der Waals surface area (Å²) in [7, 11) is 4.00. The highest BCUT2D eigenvalue weighted by atomic mass is 16.2. The van der Waals surface area contributed by atoms with Crippen LogP contribution in [0.4, 0.5) is 0 Å². The number of amides is 1. The monoisotopic (exact) mass is 243 g/mol. The Balaban J connectivity index is 4.40. The van der Waals surface area contributed by atoms with Gasteiger partial charge in [-0.2, -0.15) is 0 Å². The molecule has 4 heteroatoms. The molecule has 0 aliphatic carbocycles. The first-order valence-corrected chi connectivity index (χ1v) is 6.65. The quantitative estimate of drug-likeness (QED) is 0.640. The van der Waals surface area contributed by atoms with Crippen LogP contribution in [0.25, 0.3) is 0 Å². The number of carbonyl (C=O) groups is 1. The lowest BCUT2D eigenvalue weighted by molar-refractivity contribution is -0.131. The molecule has 0 atom stereocenters. The molecule has 3 N–H and O–H groups in total. The van der Waals surface area contributed by atoms with E-state index in [1.165, 1.54) is 0 Å². The van der Waals surface area contributed by atoms with Gasteiger partial charge < -0.3 is 16.0 Å². The summed E-state index contributed by atoms with van der Waals surface area (Å²) in [4.78, 5) is 14.3. The van der Waals surface area contributed by atoms with Gasteiger partial charge in [0.1, 0.15) is 0 Å². The number of nitrogens with two attached hydrogens (primary N) is 1. The number of hydrogen-bond acceptors (Lipinski definition) is 3. The van der Waals surface area contributed by atoms with Gasteiger partial charge in [0.2, 0.25) is 5.91 Å². The molecule has 0 aromatic heterocycles. The Hall–Kier alpha value is -0.610. The van der Waals surface area contributed by atoms with Gasteiger partial charge in [-0.15, -0.1) is 0 Å². The van der Waals surface area contributed by atoms with Crippen molar-refractivity contribution in [1.29, 1.82) is 0 Å². The largest absolute Gasteiger partial charge is 0.354 e. The van der Waals surface area contributed by atoms with Crippen molar-refractivity contribution in [2.24, 2.45) is 11.1 Å². The topological polar surface area (TPSA) is 58.4 Å². The van der Waals surface area contributed by atoms with Crippen molar-refractivity contribution in [3.05, 3.63) is 0 Å². The lowest BCUT2D eigenvalue weighted by Gasteiger charge is -2.31. The second-order valence-electron chi connectivity index (χ2n) is 5.04. The Kier molecular flexibility index (Phi) is 8.17. The van der Waals surface area contributed by atoms with E-state index in [4.69, 9.17) is 5.73 Å². The number of hydrogen-bond donors (Lipinski definition) is 2. The Labute approximate surface area is 106 Å². The Bertz CT molecular complexity index is 211. The molecule has 0 unspecified atom stereocenters. The molecular formula is C13H29N3O. The summed E-state index contributed by atoms with van der Waals surface area (Å²) in [5, 5.41) is 3.01. The number of rotatable bonds is 9. The fourth-order valence-corrected chi connectivity index (χ4v) is 2.19. The molecule has 0 heterocycles. The molecule has 0 radical (unpaired) electrons. The van der Waals surface area contributed by atoms with E-state index in [1.54, 1.807) is 0 Å². The Morgan fingerprint density at radius 3 is 2.12 bits per heavy atom. The third-order valence-corrected chi connectivity index (χ3v) is 3.17. The average molecular weight is 243 g/mol. The summed E-state index contributed by atoms with van der Waals surface area (Å²) in [6, 6.07) is 0. The molecular weight excluding hydrogens is 214 g/mol.